The molecule has 4 aliphatic heterocycles. The second-order valence-electron chi connectivity index (χ2n) is 14.9. The van der Waals surface area contributed by atoms with Crippen LogP contribution in [0.15, 0.2) is 42.6 Å². The molecule has 4 saturated heterocycles. The zero-order valence-electron chi connectivity index (χ0n) is 29.3. The van der Waals surface area contributed by atoms with Gasteiger partial charge >= 0.3 is 6.01 Å². The summed E-state index contributed by atoms with van der Waals surface area (Å²) < 4.78 is 37.7. The van der Waals surface area contributed by atoms with Crippen molar-refractivity contribution in [3.05, 3.63) is 53.4 Å². The van der Waals surface area contributed by atoms with Crippen LogP contribution in [0.25, 0.3) is 32.9 Å². The first kappa shape index (κ1) is 34.0. The van der Waals surface area contributed by atoms with Crippen LogP contribution < -0.4 is 9.64 Å². The van der Waals surface area contributed by atoms with Crippen LogP contribution in [0.2, 0.25) is 5.02 Å². The van der Waals surface area contributed by atoms with Gasteiger partial charge in [-0.25, -0.2) is 8.78 Å². The number of hydrogen-bond acceptors (Lipinski definition) is 8. The maximum Gasteiger partial charge on any atom is 0.319 e. The van der Waals surface area contributed by atoms with E-state index < -0.39 is 17.5 Å². The van der Waals surface area contributed by atoms with Gasteiger partial charge in [-0.2, -0.15) is 9.97 Å². The largest absolute Gasteiger partial charge is 0.461 e. The molecule has 0 bridgehead atoms. The number of benzene rings is 2. The molecule has 51 heavy (non-hydrogen) atoms. The molecular formula is C39H42ClF2N7O2. The van der Waals surface area contributed by atoms with Crippen molar-refractivity contribution in [3.63, 3.8) is 0 Å². The Kier molecular flexibility index (Phi) is 8.76. The fourth-order valence-corrected chi connectivity index (χ4v) is 8.91. The lowest BCUT2D eigenvalue weighted by Gasteiger charge is -2.31. The van der Waals surface area contributed by atoms with Gasteiger partial charge in [0.1, 0.15) is 29.8 Å². The number of fused-ring (bicyclic) bond motifs is 3. The zero-order chi connectivity index (χ0) is 35.5. The highest BCUT2D eigenvalue weighted by atomic mass is 35.5. The van der Waals surface area contributed by atoms with E-state index in [1.54, 1.807) is 23.2 Å². The normalized spacial score (nSPS) is 26.5. The van der Waals surface area contributed by atoms with Crippen LogP contribution in [0.3, 0.4) is 0 Å². The number of hydrogen-bond donors (Lipinski definition) is 0. The summed E-state index contributed by atoms with van der Waals surface area (Å²) in [6.07, 6.45) is 5.55. The zero-order valence-corrected chi connectivity index (χ0v) is 30.0. The lowest BCUT2D eigenvalue weighted by Crippen LogP contribution is -2.43. The molecule has 4 atom stereocenters. The van der Waals surface area contributed by atoms with Gasteiger partial charge in [-0.3, -0.25) is 19.6 Å². The molecule has 9 nitrogen and oxygen atoms in total. The van der Waals surface area contributed by atoms with E-state index in [0.29, 0.717) is 59.7 Å². The molecule has 8 rings (SSSR count). The van der Waals surface area contributed by atoms with Crippen molar-refractivity contribution in [1.29, 1.82) is 0 Å². The summed E-state index contributed by atoms with van der Waals surface area (Å²) >= 11 is 6.63. The third-order valence-corrected chi connectivity index (χ3v) is 12.1. The van der Waals surface area contributed by atoms with Crippen molar-refractivity contribution in [1.82, 2.24) is 29.7 Å². The van der Waals surface area contributed by atoms with E-state index in [4.69, 9.17) is 21.3 Å². The number of alkyl halides is 1. The van der Waals surface area contributed by atoms with Crippen molar-refractivity contribution in [2.75, 3.05) is 58.3 Å². The molecular weight excluding hydrogens is 672 g/mol. The van der Waals surface area contributed by atoms with E-state index in [-0.39, 0.29) is 41.3 Å². The second-order valence-corrected chi connectivity index (χ2v) is 15.3. The molecule has 0 radical (unpaired) electrons. The van der Waals surface area contributed by atoms with Crippen LogP contribution in [0, 0.1) is 17.7 Å². The fraction of sp³-hybridized carbons (Fsp3) is 0.487. The van der Waals surface area contributed by atoms with Crippen LogP contribution in [-0.2, 0) is 4.79 Å². The summed E-state index contributed by atoms with van der Waals surface area (Å²) in [5.41, 5.74) is 0.0144. The van der Waals surface area contributed by atoms with Gasteiger partial charge in [-0.1, -0.05) is 47.9 Å². The maximum absolute atomic E-state index is 16.9. The Morgan fingerprint density at radius 3 is 2.73 bits per heavy atom. The molecule has 1 amide bonds. The summed E-state index contributed by atoms with van der Waals surface area (Å²) in [4.78, 5) is 35.5. The topological polar surface area (TPSA) is 77.9 Å². The van der Waals surface area contributed by atoms with Crippen LogP contribution in [-0.4, -0.2) is 112 Å². The minimum Gasteiger partial charge on any atom is -0.461 e. The first-order valence-corrected chi connectivity index (χ1v) is 18.2. The van der Waals surface area contributed by atoms with Gasteiger partial charge in [0.2, 0.25) is 0 Å². The van der Waals surface area contributed by atoms with E-state index in [2.05, 4.69) is 38.5 Å². The van der Waals surface area contributed by atoms with Crippen molar-refractivity contribution < 1.29 is 18.3 Å². The highest BCUT2D eigenvalue weighted by molar-refractivity contribution is 6.36. The van der Waals surface area contributed by atoms with Crippen LogP contribution in [0.1, 0.15) is 45.4 Å². The minimum absolute atomic E-state index is 0.0191. The SMILES string of the molecule is CN(c1nc(OC[C@@]23CCCN2C[C@H](F)C3)nc2c(F)c(-c3cccc4cccc(Cl)c34)ncc12)C1CCN(C(=O)C#C[C@]2(C)CCCN2C)C1. The number of ether oxygens (including phenoxy) is 1. The van der Waals surface area contributed by atoms with E-state index in [0.717, 1.165) is 44.2 Å². The summed E-state index contributed by atoms with van der Waals surface area (Å²) in [5.74, 6) is 5.79. The second kappa shape index (κ2) is 13.1. The maximum atomic E-state index is 16.9. The molecule has 0 aliphatic carbocycles. The number of anilines is 1. The molecule has 266 valence electrons. The van der Waals surface area contributed by atoms with E-state index >= 15 is 4.39 Å². The number of rotatable bonds is 6. The standard InChI is InChI=1S/C39H42ClF2N7O2/c1-38(14-6-17-46(38)2)16-12-31(50)48-19-13-27(23-48)47(3)36-29-21-43-34(28-10-4-8-25-9-5-11-30(40)32(25)28)33(42)35(29)44-37(45-36)51-24-39-15-7-18-49(39)22-26(41)20-39/h4-5,8-11,21,26-27H,6-7,13-15,17-20,22-24H2,1-3H3/t26-,27?,38+,39+/m1/s1. The van der Waals surface area contributed by atoms with Crippen LogP contribution in [0.4, 0.5) is 14.6 Å². The predicted molar refractivity (Wildman–Crippen MR) is 195 cm³/mol. The van der Waals surface area contributed by atoms with E-state index in [1.165, 1.54) is 0 Å². The number of likely N-dealkylation sites (N-methyl/N-ethyl adjacent to an activating group) is 1. The number of amides is 1. The molecule has 0 saturated carbocycles. The number of carbonyl (C=O) groups is 1. The minimum atomic E-state index is -0.911. The molecule has 0 spiro atoms. The fourth-order valence-electron chi connectivity index (χ4n) is 8.62. The van der Waals surface area contributed by atoms with Gasteiger partial charge in [0.25, 0.3) is 5.91 Å². The molecule has 4 fully saturated rings. The van der Waals surface area contributed by atoms with Gasteiger partial charge in [-0.05, 0) is 76.5 Å². The number of aromatic nitrogens is 3. The van der Waals surface area contributed by atoms with Gasteiger partial charge in [0, 0.05) is 61.3 Å². The van der Waals surface area contributed by atoms with Crippen molar-refractivity contribution in [3.8, 4) is 29.1 Å². The van der Waals surface area contributed by atoms with Gasteiger partial charge in [0.05, 0.1) is 16.5 Å². The monoisotopic (exact) mass is 713 g/mol. The molecule has 6 heterocycles. The summed E-state index contributed by atoms with van der Waals surface area (Å²) in [6, 6.07) is 11.0. The van der Waals surface area contributed by atoms with Crippen molar-refractivity contribution in [2.45, 2.75) is 68.7 Å². The Balaban J connectivity index is 1.14. The third kappa shape index (κ3) is 6.05. The number of carbonyl (C=O) groups excluding carboxylic acids is 1. The summed E-state index contributed by atoms with van der Waals surface area (Å²) in [7, 11) is 3.94. The number of nitrogens with zero attached hydrogens (tertiary/aromatic N) is 7. The van der Waals surface area contributed by atoms with E-state index in [9.17, 15) is 9.18 Å². The molecule has 4 aromatic rings. The van der Waals surface area contributed by atoms with Crippen molar-refractivity contribution >= 4 is 45.0 Å². The molecule has 2 aromatic carbocycles. The number of pyridine rings is 1. The quantitative estimate of drug-likeness (QED) is 0.222. The average Bonchev–Trinajstić information content (AvgIpc) is 3.90. The van der Waals surface area contributed by atoms with Gasteiger partial charge in [0.15, 0.2) is 5.82 Å². The molecule has 2 aromatic heterocycles. The molecule has 0 N–H and O–H groups in total. The molecule has 1 unspecified atom stereocenters. The smallest absolute Gasteiger partial charge is 0.319 e. The Morgan fingerprint density at radius 2 is 1.92 bits per heavy atom. The Bertz CT molecular complexity index is 2080. The molecule has 4 aliphatic rings. The first-order chi connectivity index (χ1) is 24.5. The van der Waals surface area contributed by atoms with Gasteiger partial charge < -0.3 is 14.5 Å². The number of halogens is 3. The highest BCUT2D eigenvalue weighted by Gasteiger charge is 2.49. The van der Waals surface area contributed by atoms with Gasteiger partial charge in [-0.15, -0.1) is 0 Å². The first-order valence-electron chi connectivity index (χ1n) is 17.9. The molecule has 12 heteroatoms. The van der Waals surface area contributed by atoms with Crippen LogP contribution >= 0.6 is 11.6 Å². The highest BCUT2D eigenvalue weighted by Crippen LogP contribution is 2.41. The van der Waals surface area contributed by atoms with Crippen LogP contribution in [0.5, 0.6) is 6.01 Å². The van der Waals surface area contributed by atoms with E-state index in [1.807, 2.05) is 43.3 Å². The Labute approximate surface area is 301 Å². The predicted octanol–water partition coefficient (Wildman–Crippen LogP) is 6.12. The lowest BCUT2D eigenvalue weighted by molar-refractivity contribution is -0.124. The summed E-state index contributed by atoms with van der Waals surface area (Å²) in [5, 5.41) is 2.48. The average molecular weight is 714 g/mol. The third-order valence-electron chi connectivity index (χ3n) is 11.8. The Morgan fingerprint density at radius 1 is 1.12 bits per heavy atom. The summed E-state index contributed by atoms with van der Waals surface area (Å²) in [6.45, 7) is 5.46. The lowest BCUT2D eigenvalue weighted by atomic mass is 9.95. The van der Waals surface area contributed by atoms with Crippen molar-refractivity contribution in [2.24, 2.45) is 0 Å². The Hall–Kier alpha value is -4.11. The number of likely N-dealkylation sites (tertiary alicyclic amines) is 2.